The molecule has 9 N–H and O–H groups in total. The molecule has 2 aromatic rings. The van der Waals surface area contributed by atoms with Gasteiger partial charge in [-0.2, -0.15) is 0 Å². The maximum Gasteiger partial charge on any atom is 0.320 e. The molecule has 3 heterocycles. The first-order chi connectivity index (χ1) is 14.3. The van der Waals surface area contributed by atoms with Crippen LogP contribution in [0.3, 0.4) is 0 Å². The van der Waals surface area contributed by atoms with E-state index in [9.17, 15) is 15.0 Å². The number of nitrogen functional groups attached to an aromatic ring is 1. The summed E-state index contributed by atoms with van der Waals surface area (Å²) in [5.41, 5.74) is 17.7. The molecule has 14 heteroatoms. The number of ether oxygens (including phenoxy) is 1. The van der Waals surface area contributed by atoms with E-state index >= 15 is 0 Å². The molecule has 1 aliphatic heterocycles. The van der Waals surface area contributed by atoms with Crippen LogP contribution >= 0.6 is 12.4 Å². The van der Waals surface area contributed by atoms with Gasteiger partial charge in [-0.15, -0.1) is 12.4 Å². The van der Waals surface area contributed by atoms with E-state index in [1.807, 2.05) is 4.90 Å². The van der Waals surface area contributed by atoms with E-state index in [0.29, 0.717) is 37.2 Å². The monoisotopic (exact) mass is 460 g/mol. The molecular weight excluding hydrogens is 432 g/mol. The van der Waals surface area contributed by atoms with Gasteiger partial charge in [0, 0.05) is 13.1 Å². The number of fused-ring (bicyclic) bond motifs is 1. The Balaban J connectivity index is 0.00000341. The molecule has 0 saturated carbocycles. The Morgan fingerprint density at radius 2 is 2.00 bits per heavy atom. The van der Waals surface area contributed by atoms with Gasteiger partial charge in [-0.05, 0) is 25.9 Å². The van der Waals surface area contributed by atoms with Crippen LogP contribution in [0.1, 0.15) is 19.1 Å². The fourth-order valence-corrected chi connectivity index (χ4v) is 3.47. The molecule has 0 unspecified atom stereocenters. The van der Waals surface area contributed by atoms with E-state index in [0.717, 1.165) is 0 Å². The van der Waals surface area contributed by atoms with Crippen molar-refractivity contribution in [2.24, 2.45) is 11.5 Å². The van der Waals surface area contributed by atoms with Gasteiger partial charge in [0.2, 0.25) is 0 Å². The van der Waals surface area contributed by atoms with Gasteiger partial charge >= 0.3 is 5.97 Å². The van der Waals surface area contributed by atoms with Gasteiger partial charge in [-0.1, -0.05) is 0 Å². The Labute approximate surface area is 184 Å². The summed E-state index contributed by atoms with van der Waals surface area (Å²) in [6.45, 7) is 1.69. The second-order valence-electron chi connectivity index (χ2n) is 7.31. The third kappa shape index (κ3) is 5.57. The fraction of sp³-hybridized carbons (Fsp3) is 0.647. The van der Waals surface area contributed by atoms with E-state index in [1.54, 1.807) is 0 Å². The van der Waals surface area contributed by atoms with Crippen molar-refractivity contribution in [3.63, 3.8) is 0 Å². The number of halogens is 1. The van der Waals surface area contributed by atoms with Gasteiger partial charge in [0.1, 0.15) is 36.2 Å². The molecule has 0 aromatic carbocycles. The highest BCUT2D eigenvalue weighted by atomic mass is 35.5. The van der Waals surface area contributed by atoms with Gasteiger partial charge in [-0.25, -0.2) is 15.0 Å². The lowest BCUT2D eigenvalue weighted by atomic mass is 10.1. The lowest BCUT2D eigenvalue weighted by molar-refractivity contribution is -0.138. The second-order valence-corrected chi connectivity index (χ2v) is 7.31. The normalized spacial score (nSPS) is 24.4. The number of imidazole rings is 1. The van der Waals surface area contributed by atoms with Crippen molar-refractivity contribution < 1.29 is 24.9 Å². The summed E-state index contributed by atoms with van der Waals surface area (Å²) >= 11 is 0. The Kier molecular flexibility index (Phi) is 8.88. The van der Waals surface area contributed by atoms with Crippen LogP contribution in [0.5, 0.6) is 0 Å². The van der Waals surface area contributed by atoms with Crippen LogP contribution in [0.15, 0.2) is 12.7 Å². The molecular formula is C17H29ClN8O5. The molecule has 1 fully saturated rings. The van der Waals surface area contributed by atoms with E-state index < -0.39 is 36.6 Å². The molecule has 2 aromatic heterocycles. The fourth-order valence-electron chi connectivity index (χ4n) is 3.47. The van der Waals surface area contributed by atoms with E-state index in [-0.39, 0.29) is 31.2 Å². The van der Waals surface area contributed by atoms with Crippen molar-refractivity contribution in [2.45, 2.75) is 43.4 Å². The summed E-state index contributed by atoms with van der Waals surface area (Å²) in [4.78, 5) is 25.1. The molecule has 0 amide bonds. The third-order valence-corrected chi connectivity index (χ3v) is 5.19. The molecule has 0 radical (unpaired) electrons. The first-order valence-corrected chi connectivity index (χ1v) is 9.69. The largest absolute Gasteiger partial charge is 0.480 e. The Morgan fingerprint density at radius 3 is 2.68 bits per heavy atom. The highest BCUT2D eigenvalue weighted by Gasteiger charge is 2.44. The first-order valence-electron chi connectivity index (χ1n) is 9.69. The average molecular weight is 461 g/mol. The van der Waals surface area contributed by atoms with Crippen LogP contribution in [-0.4, -0.2) is 96.2 Å². The van der Waals surface area contributed by atoms with Crippen molar-refractivity contribution >= 4 is 35.4 Å². The van der Waals surface area contributed by atoms with Gasteiger partial charge in [0.25, 0.3) is 0 Å². The molecule has 0 aliphatic carbocycles. The minimum absolute atomic E-state index is 0. The number of anilines is 1. The second kappa shape index (κ2) is 10.9. The predicted molar refractivity (Wildman–Crippen MR) is 113 cm³/mol. The Bertz CT molecular complexity index is 870. The Morgan fingerprint density at radius 1 is 1.26 bits per heavy atom. The van der Waals surface area contributed by atoms with Crippen molar-refractivity contribution in [1.82, 2.24) is 24.4 Å². The summed E-state index contributed by atoms with van der Waals surface area (Å²) in [6.07, 6.45) is -0.401. The highest BCUT2D eigenvalue weighted by Crippen LogP contribution is 2.32. The number of aliphatic carboxylic acids is 1. The number of hydrogen-bond donors (Lipinski definition) is 6. The van der Waals surface area contributed by atoms with Crippen molar-refractivity contribution in [3.8, 4) is 0 Å². The number of aromatic nitrogens is 4. The van der Waals surface area contributed by atoms with E-state index in [1.165, 1.54) is 17.2 Å². The molecule has 0 bridgehead atoms. The molecule has 1 aliphatic rings. The molecule has 3 rings (SSSR count). The lowest BCUT2D eigenvalue weighted by Gasteiger charge is -2.27. The van der Waals surface area contributed by atoms with E-state index in [2.05, 4.69) is 15.0 Å². The summed E-state index contributed by atoms with van der Waals surface area (Å²) in [6, 6.07) is -0.986. The van der Waals surface area contributed by atoms with Crippen molar-refractivity contribution in [1.29, 1.82) is 0 Å². The number of hydrogen-bond acceptors (Lipinski definition) is 11. The minimum Gasteiger partial charge on any atom is -0.480 e. The van der Waals surface area contributed by atoms with Gasteiger partial charge < -0.3 is 42.2 Å². The van der Waals surface area contributed by atoms with Crippen LogP contribution in [0.25, 0.3) is 11.2 Å². The van der Waals surface area contributed by atoms with Crippen LogP contribution in [0.2, 0.25) is 0 Å². The number of rotatable bonds is 10. The zero-order valence-electron chi connectivity index (χ0n) is 16.8. The smallest absolute Gasteiger partial charge is 0.320 e. The number of carboxylic acids is 1. The van der Waals surface area contributed by atoms with Crippen molar-refractivity contribution in [2.75, 3.05) is 31.9 Å². The maximum atomic E-state index is 11.0. The zero-order valence-corrected chi connectivity index (χ0v) is 17.6. The summed E-state index contributed by atoms with van der Waals surface area (Å²) in [5.74, 6) is -0.874. The van der Waals surface area contributed by atoms with Gasteiger partial charge in [0.05, 0.1) is 6.33 Å². The van der Waals surface area contributed by atoms with Gasteiger partial charge in [-0.3, -0.25) is 9.36 Å². The standard InChI is InChI=1S/C17H28N8O5.ClH/c18-3-1-4-24(5-2-9(19)17(28)29)6-10-12(26)13(27)16(30-10)25-8-23-11-14(20)21-7-22-15(11)25;/h7-10,12-13,16,26-27H,1-6,18-19H2,(H,28,29)(H2,20,21,22);1H/t9-,10+,12+,13+,16+;/m0./s1. The number of carbonyl (C=O) groups is 1. The molecule has 13 nitrogen and oxygen atoms in total. The highest BCUT2D eigenvalue weighted by molar-refractivity contribution is 5.85. The zero-order chi connectivity index (χ0) is 21.8. The maximum absolute atomic E-state index is 11.0. The summed E-state index contributed by atoms with van der Waals surface area (Å²) < 4.78 is 7.45. The third-order valence-electron chi connectivity index (χ3n) is 5.19. The summed E-state index contributed by atoms with van der Waals surface area (Å²) in [7, 11) is 0. The SMILES string of the molecule is Cl.NCCCN(CC[C@H](N)C(=O)O)C[C@H]1O[C@@H](n2cnc3c(N)ncnc32)[C@H](O)[C@@H]1O. The average Bonchev–Trinajstić information content (AvgIpc) is 3.26. The van der Waals surface area contributed by atoms with Crippen LogP contribution in [0, 0.1) is 0 Å². The summed E-state index contributed by atoms with van der Waals surface area (Å²) in [5, 5.41) is 30.1. The first kappa shape index (κ1) is 25.1. The number of nitrogens with two attached hydrogens (primary N) is 3. The number of nitrogens with zero attached hydrogens (tertiary/aromatic N) is 5. The van der Waals surface area contributed by atoms with E-state index in [4.69, 9.17) is 27.0 Å². The molecule has 5 atom stereocenters. The molecule has 174 valence electrons. The topological polar surface area (TPSA) is 212 Å². The number of aliphatic hydroxyl groups excluding tert-OH is 2. The quantitative estimate of drug-likeness (QED) is 0.225. The van der Waals surface area contributed by atoms with Crippen LogP contribution < -0.4 is 17.2 Å². The molecule has 31 heavy (non-hydrogen) atoms. The lowest BCUT2D eigenvalue weighted by Crippen LogP contribution is -2.43. The molecule has 1 saturated heterocycles. The van der Waals surface area contributed by atoms with Crippen LogP contribution in [-0.2, 0) is 9.53 Å². The van der Waals surface area contributed by atoms with Crippen molar-refractivity contribution in [3.05, 3.63) is 12.7 Å². The number of aliphatic hydroxyl groups is 2. The predicted octanol–water partition coefficient (Wildman–Crippen LogP) is -2.10. The van der Waals surface area contributed by atoms with Gasteiger partial charge in [0.15, 0.2) is 17.7 Å². The minimum atomic E-state index is -1.22. The molecule has 0 spiro atoms. The van der Waals surface area contributed by atoms with Crippen LogP contribution in [0.4, 0.5) is 5.82 Å². The number of carboxylic acid groups (broad SMARTS) is 1. The Hall–Kier alpha value is -2.13.